The first-order chi connectivity index (χ1) is 4.80. The molecule has 1 aliphatic heterocycles. The van der Waals surface area contributed by atoms with Crippen molar-refractivity contribution in [2.75, 3.05) is 20.1 Å². The molecule has 3 heteroatoms. The molecule has 0 aromatic carbocycles. The average Bonchev–Trinajstić information content (AvgIpc) is 2.00. The summed E-state index contributed by atoms with van der Waals surface area (Å²) in [7, 11) is 2.04. The lowest BCUT2D eigenvalue weighted by atomic mass is 10.5. The van der Waals surface area contributed by atoms with Gasteiger partial charge in [-0.25, -0.2) is 0 Å². The minimum absolute atomic E-state index is 0.966. The van der Waals surface area contributed by atoms with E-state index in [9.17, 15) is 0 Å². The van der Waals surface area contributed by atoms with Crippen LogP contribution >= 0.6 is 0 Å². The van der Waals surface area contributed by atoms with E-state index in [1.54, 1.807) is 0 Å². The Kier molecular flexibility index (Phi) is 4.72. The van der Waals surface area contributed by atoms with E-state index >= 15 is 0 Å². The van der Waals surface area contributed by atoms with E-state index in [2.05, 4.69) is 15.4 Å². The van der Waals surface area contributed by atoms with Crippen molar-refractivity contribution in [2.45, 2.75) is 20.8 Å². The van der Waals surface area contributed by atoms with Crippen LogP contribution in [0, 0.1) is 0 Å². The summed E-state index contributed by atoms with van der Waals surface area (Å²) in [4.78, 5) is 2.12. The lowest BCUT2D eigenvalue weighted by Crippen LogP contribution is -2.37. The Balaban J connectivity index is 0.000000371. The number of hydrogen-bond donors (Lipinski definition) is 1. The molecule has 0 aromatic heterocycles. The molecule has 0 aromatic rings. The van der Waals surface area contributed by atoms with Crippen LogP contribution in [-0.4, -0.2) is 30.9 Å². The zero-order valence-corrected chi connectivity index (χ0v) is 7.31. The summed E-state index contributed by atoms with van der Waals surface area (Å²) in [5.41, 5.74) is 2.91. The number of hydrogen-bond acceptors (Lipinski definition) is 3. The van der Waals surface area contributed by atoms with Crippen LogP contribution in [0.5, 0.6) is 0 Å². The van der Waals surface area contributed by atoms with Crippen LogP contribution in [0.2, 0.25) is 0 Å². The molecular formula is C7H17N3. The van der Waals surface area contributed by atoms with Gasteiger partial charge in [0.25, 0.3) is 0 Å². The molecular weight excluding hydrogens is 126 g/mol. The second kappa shape index (κ2) is 5.09. The fourth-order valence-corrected chi connectivity index (χ4v) is 0.635. The number of amidine groups is 1. The molecule has 0 saturated carbocycles. The molecule has 0 fully saturated rings. The van der Waals surface area contributed by atoms with E-state index in [1.807, 2.05) is 27.8 Å². The third-order valence-electron chi connectivity index (χ3n) is 1.35. The summed E-state index contributed by atoms with van der Waals surface area (Å²) in [6.45, 7) is 8.02. The fraction of sp³-hybridized carbons (Fsp3) is 0.857. The van der Waals surface area contributed by atoms with Crippen LogP contribution in [0.15, 0.2) is 5.10 Å². The Labute approximate surface area is 63.1 Å². The molecule has 10 heavy (non-hydrogen) atoms. The molecule has 1 aliphatic rings. The highest BCUT2D eigenvalue weighted by Crippen LogP contribution is 1.88. The van der Waals surface area contributed by atoms with Crippen molar-refractivity contribution in [3.63, 3.8) is 0 Å². The van der Waals surface area contributed by atoms with E-state index in [4.69, 9.17) is 0 Å². The van der Waals surface area contributed by atoms with E-state index in [-0.39, 0.29) is 0 Å². The van der Waals surface area contributed by atoms with Gasteiger partial charge in [-0.05, 0) is 6.92 Å². The van der Waals surface area contributed by atoms with Crippen LogP contribution in [0.1, 0.15) is 20.8 Å². The quantitative estimate of drug-likeness (QED) is 0.545. The monoisotopic (exact) mass is 143 g/mol. The van der Waals surface area contributed by atoms with E-state index < -0.39 is 0 Å². The van der Waals surface area contributed by atoms with E-state index in [0.717, 1.165) is 18.9 Å². The Bertz CT molecular complexity index is 109. The predicted octanol–water partition coefficient (Wildman–Crippen LogP) is 0.881. The van der Waals surface area contributed by atoms with Crippen LogP contribution in [-0.2, 0) is 0 Å². The summed E-state index contributed by atoms with van der Waals surface area (Å²) in [5.74, 6) is 1.07. The highest BCUT2D eigenvalue weighted by Gasteiger charge is 2.02. The van der Waals surface area contributed by atoms with Crippen molar-refractivity contribution in [1.29, 1.82) is 0 Å². The van der Waals surface area contributed by atoms with Gasteiger partial charge >= 0.3 is 0 Å². The van der Waals surface area contributed by atoms with Crippen molar-refractivity contribution < 1.29 is 0 Å². The van der Waals surface area contributed by atoms with Crippen LogP contribution in [0.4, 0.5) is 0 Å². The van der Waals surface area contributed by atoms with Crippen molar-refractivity contribution in [3.05, 3.63) is 0 Å². The van der Waals surface area contributed by atoms with Crippen molar-refractivity contribution in [1.82, 2.24) is 10.3 Å². The maximum absolute atomic E-state index is 4.00. The molecule has 0 aliphatic carbocycles. The van der Waals surface area contributed by atoms with E-state index in [0.29, 0.717) is 0 Å². The van der Waals surface area contributed by atoms with Crippen LogP contribution in [0.3, 0.4) is 0 Å². The van der Waals surface area contributed by atoms with Gasteiger partial charge in [0, 0.05) is 13.6 Å². The van der Waals surface area contributed by atoms with E-state index in [1.165, 1.54) is 0 Å². The van der Waals surface area contributed by atoms with Crippen LogP contribution < -0.4 is 5.43 Å². The third kappa shape index (κ3) is 2.71. The summed E-state index contributed by atoms with van der Waals surface area (Å²) in [6.07, 6.45) is 0. The van der Waals surface area contributed by atoms with Gasteiger partial charge in [-0.3, -0.25) is 0 Å². The molecule has 1 N–H and O–H groups in total. The number of nitrogens with zero attached hydrogens (tertiary/aromatic N) is 2. The third-order valence-corrected chi connectivity index (χ3v) is 1.35. The zero-order chi connectivity index (χ0) is 7.98. The molecule has 0 unspecified atom stereocenters. The molecule has 0 atom stereocenters. The van der Waals surface area contributed by atoms with Gasteiger partial charge in [0.1, 0.15) is 5.84 Å². The molecule has 0 saturated heterocycles. The van der Waals surface area contributed by atoms with Crippen molar-refractivity contribution in [3.8, 4) is 0 Å². The normalized spacial score (nSPS) is 16.4. The maximum Gasteiger partial charge on any atom is 0.121 e. The topological polar surface area (TPSA) is 27.6 Å². The highest BCUT2D eigenvalue weighted by molar-refractivity contribution is 5.79. The van der Waals surface area contributed by atoms with Gasteiger partial charge < -0.3 is 10.3 Å². The van der Waals surface area contributed by atoms with Crippen molar-refractivity contribution >= 4 is 5.84 Å². The van der Waals surface area contributed by atoms with Gasteiger partial charge in [-0.2, -0.15) is 5.10 Å². The Hall–Kier alpha value is -0.730. The number of rotatable bonds is 0. The largest absolute Gasteiger partial charge is 0.360 e. The molecule has 0 radical (unpaired) electrons. The lowest BCUT2D eigenvalue weighted by molar-refractivity contribution is 0.448. The molecule has 0 spiro atoms. The first-order valence-corrected chi connectivity index (χ1v) is 3.79. The second-order valence-corrected chi connectivity index (χ2v) is 1.99. The van der Waals surface area contributed by atoms with Gasteiger partial charge in [-0.1, -0.05) is 13.8 Å². The summed E-state index contributed by atoms with van der Waals surface area (Å²) in [5, 5.41) is 4.00. The lowest BCUT2D eigenvalue weighted by Gasteiger charge is -2.22. The Morgan fingerprint density at radius 3 is 2.40 bits per heavy atom. The maximum atomic E-state index is 4.00. The summed E-state index contributed by atoms with van der Waals surface area (Å²) >= 11 is 0. The molecule has 3 nitrogen and oxygen atoms in total. The molecule has 1 heterocycles. The summed E-state index contributed by atoms with van der Waals surface area (Å²) < 4.78 is 0. The highest BCUT2D eigenvalue weighted by atomic mass is 15.4. The summed E-state index contributed by atoms with van der Waals surface area (Å²) in [6, 6.07) is 0. The first kappa shape index (κ1) is 9.27. The van der Waals surface area contributed by atoms with Gasteiger partial charge in [0.05, 0.1) is 6.54 Å². The number of likely N-dealkylation sites (N-methyl/N-ethyl adjacent to an activating group) is 1. The average molecular weight is 143 g/mol. The molecule has 1 rings (SSSR count). The van der Waals surface area contributed by atoms with Crippen molar-refractivity contribution in [2.24, 2.45) is 5.10 Å². The second-order valence-electron chi connectivity index (χ2n) is 1.99. The zero-order valence-electron chi connectivity index (χ0n) is 7.31. The number of nitrogens with one attached hydrogen (secondary N) is 1. The predicted molar refractivity (Wildman–Crippen MR) is 45.1 cm³/mol. The Morgan fingerprint density at radius 1 is 1.50 bits per heavy atom. The first-order valence-electron chi connectivity index (χ1n) is 3.79. The Morgan fingerprint density at radius 2 is 2.10 bits per heavy atom. The van der Waals surface area contributed by atoms with Gasteiger partial charge in [-0.15, -0.1) is 0 Å². The minimum Gasteiger partial charge on any atom is -0.360 e. The standard InChI is InChI=1S/C5H11N3.C2H6/c1-5-7-6-3-4-8(5)2;1-2/h6H,3-4H2,1-2H3;1-2H3. The minimum atomic E-state index is 0.966. The van der Waals surface area contributed by atoms with Crippen LogP contribution in [0.25, 0.3) is 0 Å². The molecule has 0 amide bonds. The van der Waals surface area contributed by atoms with Gasteiger partial charge in [0.2, 0.25) is 0 Å². The molecule has 0 bridgehead atoms. The molecule has 60 valence electrons. The SMILES string of the molecule is CC.CC1=NNCCN1C. The fourth-order valence-electron chi connectivity index (χ4n) is 0.635. The van der Waals surface area contributed by atoms with Gasteiger partial charge in [0.15, 0.2) is 0 Å². The number of hydrazone groups is 1. The smallest absolute Gasteiger partial charge is 0.121 e.